The molecular formula is C26H34N2O5. The third kappa shape index (κ3) is 5.90. The van der Waals surface area contributed by atoms with E-state index in [0.717, 1.165) is 22.2 Å². The largest absolute Gasteiger partial charge is 0.481 e. The van der Waals surface area contributed by atoms with Crippen LogP contribution < -0.4 is 0 Å². The molecule has 1 aliphatic rings. The normalized spacial score (nSPS) is 22.3. The van der Waals surface area contributed by atoms with Crippen molar-refractivity contribution in [2.24, 2.45) is 5.41 Å². The van der Waals surface area contributed by atoms with Gasteiger partial charge in [-0.15, -0.1) is 0 Å². The number of pyridine rings is 1. The summed E-state index contributed by atoms with van der Waals surface area (Å²) in [5.41, 5.74) is 0.830. The number of rotatable bonds is 5. The first-order valence-corrected chi connectivity index (χ1v) is 11.4. The fourth-order valence-electron chi connectivity index (χ4n) is 4.00. The molecule has 7 heteroatoms. The number of carboxylic acid groups (broad SMARTS) is 1. The lowest BCUT2D eigenvalue weighted by atomic mass is 9.73. The standard InChI is InChI=1S/C26H34N2O5/c1-17(28(5)24(32)33-25(2,3)4)21-9-8-19-7-6-18(16-22(19)27-21)10-13-26(23(30)31)14-11-20(29)12-15-26/h6-10,13,16-17,20,29H,11-12,14-15H2,1-5H3,(H,30,31)/b13-10+/t17-,20?,26?/m1/s1. The molecule has 3 rings (SSSR count). The zero-order valence-corrected chi connectivity index (χ0v) is 20.0. The molecule has 1 aromatic heterocycles. The van der Waals surface area contributed by atoms with E-state index in [4.69, 9.17) is 9.72 Å². The summed E-state index contributed by atoms with van der Waals surface area (Å²) in [6, 6.07) is 9.38. The van der Waals surface area contributed by atoms with Crippen LogP contribution in [0.3, 0.4) is 0 Å². The van der Waals surface area contributed by atoms with Gasteiger partial charge in [-0.1, -0.05) is 30.4 Å². The lowest BCUT2D eigenvalue weighted by Crippen LogP contribution is -2.36. The van der Waals surface area contributed by atoms with Gasteiger partial charge in [0.1, 0.15) is 5.60 Å². The van der Waals surface area contributed by atoms with Gasteiger partial charge in [0.15, 0.2) is 0 Å². The first-order valence-electron chi connectivity index (χ1n) is 11.4. The van der Waals surface area contributed by atoms with E-state index < -0.39 is 29.2 Å². The predicted molar refractivity (Wildman–Crippen MR) is 128 cm³/mol. The number of hydrogen-bond acceptors (Lipinski definition) is 5. The molecule has 1 saturated carbocycles. The minimum atomic E-state index is -0.950. The van der Waals surface area contributed by atoms with Crippen molar-refractivity contribution >= 4 is 29.0 Å². The Balaban J connectivity index is 1.83. The van der Waals surface area contributed by atoms with E-state index in [1.807, 2.05) is 64.1 Å². The summed E-state index contributed by atoms with van der Waals surface area (Å²) in [4.78, 5) is 30.7. The van der Waals surface area contributed by atoms with E-state index in [2.05, 4.69) is 0 Å². The highest BCUT2D eigenvalue weighted by molar-refractivity contribution is 5.83. The Morgan fingerprint density at radius 1 is 1.21 bits per heavy atom. The van der Waals surface area contributed by atoms with E-state index in [1.54, 1.807) is 13.1 Å². The number of amides is 1. The third-order valence-corrected chi connectivity index (χ3v) is 6.30. The Kier molecular flexibility index (Phi) is 7.12. The highest BCUT2D eigenvalue weighted by atomic mass is 16.6. The van der Waals surface area contributed by atoms with Gasteiger partial charge in [-0.05, 0) is 71.1 Å². The van der Waals surface area contributed by atoms with E-state index >= 15 is 0 Å². The zero-order valence-electron chi connectivity index (χ0n) is 20.0. The Bertz CT molecular complexity index is 1050. The molecule has 7 nitrogen and oxygen atoms in total. The molecule has 0 aliphatic heterocycles. The maximum absolute atomic E-state index is 12.4. The number of ether oxygens (including phenoxy) is 1. The maximum Gasteiger partial charge on any atom is 0.410 e. The SMILES string of the molecule is C[C@H](c1ccc2ccc(/C=C/C3(C(=O)O)CCC(O)CC3)cc2n1)N(C)C(=O)OC(C)(C)C. The number of hydrogen-bond donors (Lipinski definition) is 2. The van der Waals surface area contributed by atoms with Crippen molar-refractivity contribution in [1.82, 2.24) is 9.88 Å². The van der Waals surface area contributed by atoms with Gasteiger partial charge in [-0.3, -0.25) is 9.78 Å². The monoisotopic (exact) mass is 454 g/mol. The minimum Gasteiger partial charge on any atom is -0.481 e. The molecule has 0 bridgehead atoms. The van der Waals surface area contributed by atoms with E-state index in [1.165, 1.54) is 4.90 Å². The second kappa shape index (κ2) is 9.51. The number of carbonyl (C=O) groups is 2. The van der Waals surface area contributed by atoms with Gasteiger partial charge >= 0.3 is 12.1 Å². The Morgan fingerprint density at radius 2 is 1.85 bits per heavy atom. The predicted octanol–water partition coefficient (Wildman–Crippen LogP) is 5.18. The Morgan fingerprint density at radius 3 is 2.45 bits per heavy atom. The highest BCUT2D eigenvalue weighted by Crippen LogP contribution is 2.38. The molecule has 33 heavy (non-hydrogen) atoms. The number of aliphatic hydroxyl groups is 1. The van der Waals surface area contributed by atoms with Gasteiger partial charge in [0.2, 0.25) is 0 Å². The number of aliphatic carboxylic acids is 1. The number of nitrogens with zero attached hydrogens (tertiary/aromatic N) is 2. The lowest BCUT2D eigenvalue weighted by molar-refractivity contribution is -0.148. The number of fused-ring (bicyclic) bond motifs is 1. The molecule has 0 radical (unpaired) electrons. The molecule has 2 aromatic rings. The van der Waals surface area contributed by atoms with E-state index in [0.29, 0.717) is 25.7 Å². The van der Waals surface area contributed by atoms with Crippen molar-refractivity contribution in [3.8, 4) is 0 Å². The third-order valence-electron chi connectivity index (χ3n) is 6.30. The summed E-state index contributed by atoms with van der Waals surface area (Å²) >= 11 is 0. The fraction of sp³-hybridized carbons (Fsp3) is 0.500. The molecule has 1 amide bonds. The summed E-state index contributed by atoms with van der Waals surface area (Å²) < 4.78 is 5.46. The van der Waals surface area contributed by atoms with Crippen LogP contribution >= 0.6 is 0 Å². The maximum atomic E-state index is 12.4. The molecule has 2 N–H and O–H groups in total. The van der Waals surface area contributed by atoms with Gasteiger partial charge in [0, 0.05) is 12.4 Å². The second-order valence-electron chi connectivity index (χ2n) is 9.98. The Hall–Kier alpha value is -2.93. The topological polar surface area (TPSA) is 100.0 Å². The average Bonchev–Trinajstić information content (AvgIpc) is 2.76. The summed E-state index contributed by atoms with van der Waals surface area (Å²) in [5.74, 6) is -0.856. The zero-order chi connectivity index (χ0) is 24.4. The van der Waals surface area contributed by atoms with E-state index in [-0.39, 0.29) is 6.04 Å². The summed E-state index contributed by atoms with van der Waals surface area (Å²) in [6.07, 6.45) is 4.57. The minimum absolute atomic E-state index is 0.285. The van der Waals surface area contributed by atoms with E-state index in [9.17, 15) is 19.8 Å². The van der Waals surface area contributed by atoms with Crippen molar-refractivity contribution in [3.05, 3.63) is 47.7 Å². The molecule has 1 fully saturated rings. The van der Waals surface area contributed by atoms with Crippen LogP contribution in [-0.2, 0) is 9.53 Å². The van der Waals surface area contributed by atoms with Crippen LogP contribution in [0.4, 0.5) is 4.79 Å². The number of carboxylic acids is 1. The highest BCUT2D eigenvalue weighted by Gasteiger charge is 2.39. The van der Waals surface area contributed by atoms with Gasteiger partial charge < -0.3 is 19.8 Å². The van der Waals surface area contributed by atoms with Crippen LogP contribution in [-0.4, -0.2) is 50.9 Å². The number of carbonyl (C=O) groups excluding carboxylic acids is 1. The van der Waals surface area contributed by atoms with Crippen molar-refractivity contribution in [2.45, 2.75) is 71.1 Å². The summed E-state index contributed by atoms with van der Waals surface area (Å²) in [7, 11) is 1.69. The van der Waals surface area contributed by atoms with Crippen LogP contribution in [0, 0.1) is 5.41 Å². The van der Waals surface area contributed by atoms with Crippen molar-refractivity contribution in [1.29, 1.82) is 0 Å². The van der Waals surface area contributed by atoms with Crippen molar-refractivity contribution in [3.63, 3.8) is 0 Å². The van der Waals surface area contributed by atoms with Gasteiger partial charge in [-0.25, -0.2) is 4.79 Å². The average molecular weight is 455 g/mol. The second-order valence-corrected chi connectivity index (χ2v) is 9.98. The number of benzene rings is 1. The fourth-order valence-corrected chi connectivity index (χ4v) is 4.00. The molecule has 1 aromatic carbocycles. The van der Waals surface area contributed by atoms with Crippen LogP contribution in [0.15, 0.2) is 36.4 Å². The van der Waals surface area contributed by atoms with Gasteiger partial charge in [-0.2, -0.15) is 0 Å². The summed E-state index contributed by atoms with van der Waals surface area (Å²) in [6.45, 7) is 7.39. The van der Waals surface area contributed by atoms with Crippen LogP contribution in [0.25, 0.3) is 17.0 Å². The first-order chi connectivity index (χ1) is 15.4. The molecule has 1 aliphatic carbocycles. The van der Waals surface area contributed by atoms with Crippen LogP contribution in [0.2, 0.25) is 0 Å². The quantitative estimate of drug-likeness (QED) is 0.646. The number of aliphatic hydroxyl groups excluding tert-OH is 1. The first kappa shape index (κ1) is 24.7. The molecule has 1 atom stereocenters. The van der Waals surface area contributed by atoms with Crippen molar-refractivity contribution < 1.29 is 24.5 Å². The van der Waals surface area contributed by atoms with Gasteiger partial charge in [0.25, 0.3) is 0 Å². The van der Waals surface area contributed by atoms with Crippen LogP contribution in [0.5, 0.6) is 0 Å². The molecule has 0 spiro atoms. The molecule has 1 heterocycles. The molecule has 178 valence electrons. The number of aromatic nitrogens is 1. The lowest BCUT2D eigenvalue weighted by Gasteiger charge is -2.32. The van der Waals surface area contributed by atoms with Crippen LogP contribution in [0.1, 0.15) is 70.7 Å². The molecule has 0 saturated heterocycles. The van der Waals surface area contributed by atoms with Gasteiger partial charge in [0.05, 0.1) is 28.8 Å². The smallest absolute Gasteiger partial charge is 0.410 e. The summed E-state index contributed by atoms with van der Waals surface area (Å²) in [5, 5.41) is 20.5. The molecule has 0 unspecified atom stereocenters. The Labute approximate surface area is 195 Å². The van der Waals surface area contributed by atoms with Crippen molar-refractivity contribution in [2.75, 3.05) is 7.05 Å². The molecular weight excluding hydrogens is 420 g/mol.